The molecule has 0 radical (unpaired) electrons. The maximum atomic E-state index is 13.0. The molecule has 1 aromatic rings. The van der Waals surface area contributed by atoms with Gasteiger partial charge in [0, 0.05) is 19.7 Å². The van der Waals surface area contributed by atoms with E-state index in [4.69, 9.17) is 9.47 Å². The fourth-order valence-corrected chi connectivity index (χ4v) is 5.57. The Balaban J connectivity index is 1.68. The normalized spacial score (nSPS) is 21.1. The minimum absolute atomic E-state index is 0.0691. The number of hydrogen-bond acceptors (Lipinski definition) is 6. The molecule has 28 heavy (non-hydrogen) atoms. The van der Waals surface area contributed by atoms with E-state index in [9.17, 15) is 18.4 Å². The molecule has 8 nitrogen and oxygen atoms in total. The molecule has 1 saturated heterocycles. The van der Waals surface area contributed by atoms with E-state index < -0.39 is 16.1 Å². The van der Waals surface area contributed by atoms with Crippen molar-refractivity contribution in [1.29, 1.82) is 0 Å². The van der Waals surface area contributed by atoms with Crippen LogP contribution in [0.4, 0.5) is 0 Å². The molecule has 0 aromatic heterocycles. The Labute approximate surface area is 166 Å². The van der Waals surface area contributed by atoms with Crippen LogP contribution in [0.2, 0.25) is 0 Å². The molecule has 2 unspecified atom stereocenters. The lowest BCUT2D eigenvalue weighted by Crippen LogP contribution is -2.44. The van der Waals surface area contributed by atoms with E-state index >= 15 is 0 Å². The monoisotopic (exact) mass is 412 g/mol. The first-order chi connectivity index (χ1) is 13.4. The molecule has 0 spiro atoms. The lowest BCUT2D eigenvalue weighted by Gasteiger charge is -2.31. The van der Waals surface area contributed by atoms with Crippen molar-refractivity contribution in [1.82, 2.24) is 9.37 Å². The summed E-state index contributed by atoms with van der Waals surface area (Å²) in [5.41, 5.74) is 2.03. The largest absolute Gasteiger partial charge is 0.497 e. The molecular formula is C19H28N2O6S. The highest BCUT2D eigenvalue weighted by Crippen LogP contribution is 2.26. The van der Waals surface area contributed by atoms with Gasteiger partial charge in [-0.3, -0.25) is 10.0 Å². The number of sulfonamides is 1. The van der Waals surface area contributed by atoms with Gasteiger partial charge in [-0.05, 0) is 55.4 Å². The topological polar surface area (TPSA) is 96.4 Å². The van der Waals surface area contributed by atoms with Crippen LogP contribution < -0.4 is 4.74 Å². The molecule has 156 valence electrons. The summed E-state index contributed by atoms with van der Waals surface area (Å²) in [7, 11) is -2.08. The molecule has 1 fully saturated rings. The molecule has 0 saturated carbocycles. The van der Waals surface area contributed by atoms with Crippen LogP contribution in [0.1, 0.15) is 36.8 Å². The predicted molar refractivity (Wildman–Crippen MR) is 103 cm³/mol. The molecule has 1 amide bonds. The Kier molecular flexibility index (Phi) is 6.92. The minimum atomic E-state index is -3.65. The highest BCUT2D eigenvalue weighted by molar-refractivity contribution is 7.89. The third kappa shape index (κ3) is 5.02. The Morgan fingerprint density at radius 1 is 1.43 bits per heavy atom. The molecule has 9 heteroatoms. The number of carbonyl (C=O) groups excluding carboxylic acids is 1. The summed E-state index contributed by atoms with van der Waals surface area (Å²) in [6.45, 7) is 1.35. The van der Waals surface area contributed by atoms with Crippen LogP contribution >= 0.6 is 0 Å². The smallest absolute Gasteiger partial charge is 0.233 e. The molecule has 1 N–H and O–H groups in total. The summed E-state index contributed by atoms with van der Waals surface area (Å²) < 4.78 is 38.2. The Morgan fingerprint density at radius 3 is 2.93 bits per heavy atom. The van der Waals surface area contributed by atoms with E-state index in [1.165, 1.54) is 4.31 Å². The van der Waals surface area contributed by atoms with Crippen LogP contribution in [-0.2, 0) is 32.5 Å². The van der Waals surface area contributed by atoms with E-state index in [-0.39, 0.29) is 24.8 Å². The fraction of sp³-hybridized carbons (Fsp3) is 0.632. The summed E-state index contributed by atoms with van der Waals surface area (Å²) >= 11 is 0. The van der Waals surface area contributed by atoms with Gasteiger partial charge in [-0.15, -0.1) is 0 Å². The quantitative estimate of drug-likeness (QED) is 0.376. The zero-order valence-corrected chi connectivity index (χ0v) is 16.9. The highest BCUT2D eigenvalue weighted by atomic mass is 32.2. The maximum Gasteiger partial charge on any atom is 0.233 e. The second-order valence-corrected chi connectivity index (χ2v) is 9.36. The van der Waals surface area contributed by atoms with Crippen molar-refractivity contribution in [2.75, 3.05) is 26.0 Å². The predicted octanol–water partition coefficient (Wildman–Crippen LogP) is 1.56. The number of hydroxylamine groups is 2. The number of carbonyl (C=O) groups is 1. The second kappa shape index (κ2) is 9.21. The van der Waals surface area contributed by atoms with Gasteiger partial charge in [-0.1, -0.05) is 6.07 Å². The standard InChI is InChI=1S/C19H28N2O6S/c1-26-19-6-4-15-8-9-20(12-16(15)11-19)28(24,25)13-17(21(23)14-22)5-7-18-3-2-10-27-18/h4,6,11,14,17-18,23H,2-3,5,7-10,12-13H2,1H3. The van der Waals surface area contributed by atoms with E-state index in [1.54, 1.807) is 7.11 Å². The zero-order chi connectivity index (χ0) is 20.1. The van der Waals surface area contributed by atoms with Crippen molar-refractivity contribution in [3.63, 3.8) is 0 Å². The van der Waals surface area contributed by atoms with Gasteiger partial charge in [0.1, 0.15) is 5.75 Å². The summed E-state index contributed by atoms with van der Waals surface area (Å²) in [6, 6.07) is 4.90. The van der Waals surface area contributed by atoms with Gasteiger partial charge < -0.3 is 9.47 Å². The number of ether oxygens (including phenoxy) is 2. The van der Waals surface area contributed by atoms with Crippen molar-refractivity contribution in [2.24, 2.45) is 0 Å². The van der Waals surface area contributed by atoms with Crippen LogP contribution in [0.15, 0.2) is 18.2 Å². The van der Waals surface area contributed by atoms with Gasteiger partial charge in [0.25, 0.3) is 0 Å². The summed E-state index contributed by atoms with van der Waals surface area (Å²) in [5, 5.41) is 10.4. The van der Waals surface area contributed by atoms with Gasteiger partial charge >= 0.3 is 0 Å². The number of rotatable bonds is 9. The Bertz CT molecular complexity index is 779. The van der Waals surface area contributed by atoms with Crippen LogP contribution in [0, 0.1) is 0 Å². The van der Waals surface area contributed by atoms with E-state index in [0.717, 1.165) is 24.0 Å². The first-order valence-electron chi connectivity index (χ1n) is 9.60. The average molecular weight is 413 g/mol. The van der Waals surface area contributed by atoms with Gasteiger partial charge in [0.2, 0.25) is 16.4 Å². The number of methoxy groups -OCH3 is 1. The molecule has 2 aliphatic heterocycles. The molecule has 0 aliphatic carbocycles. The number of hydrogen-bond donors (Lipinski definition) is 1. The SMILES string of the molecule is COc1ccc2c(c1)CN(S(=O)(=O)CC(CCC1CCCO1)N(O)C=O)CC2. The first kappa shape index (κ1) is 21.0. The number of benzene rings is 1. The molecular weight excluding hydrogens is 384 g/mol. The summed E-state index contributed by atoms with van der Waals surface area (Å²) in [6.07, 6.45) is 3.86. The van der Waals surface area contributed by atoms with E-state index in [1.807, 2.05) is 18.2 Å². The number of fused-ring (bicyclic) bond motifs is 1. The summed E-state index contributed by atoms with van der Waals surface area (Å²) in [5.74, 6) is 0.378. The third-order valence-corrected chi connectivity index (χ3v) is 7.42. The molecule has 2 aliphatic rings. The average Bonchev–Trinajstić information content (AvgIpc) is 3.23. The zero-order valence-electron chi connectivity index (χ0n) is 16.1. The van der Waals surface area contributed by atoms with E-state index in [2.05, 4.69) is 0 Å². The highest BCUT2D eigenvalue weighted by Gasteiger charge is 2.32. The van der Waals surface area contributed by atoms with Crippen molar-refractivity contribution in [3.05, 3.63) is 29.3 Å². The summed E-state index contributed by atoms with van der Waals surface area (Å²) in [4.78, 5) is 11.1. The fourth-order valence-electron chi connectivity index (χ4n) is 3.85. The van der Waals surface area contributed by atoms with Crippen molar-refractivity contribution >= 4 is 16.4 Å². The Morgan fingerprint density at radius 2 is 2.25 bits per heavy atom. The van der Waals surface area contributed by atoms with Crippen LogP contribution in [0.3, 0.4) is 0 Å². The van der Waals surface area contributed by atoms with Crippen LogP contribution in [-0.4, -0.2) is 67.6 Å². The minimum Gasteiger partial charge on any atom is -0.497 e. The number of amides is 1. The van der Waals surface area contributed by atoms with Gasteiger partial charge in [0.05, 0.1) is 25.0 Å². The first-order valence-corrected chi connectivity index (χ1v) is 11.2. The maximum absolute atomic E-state index is 13.0. The Hall–Kier alpha value is -1.68. The lowest BCUT2D eigenvalue weighted by atomic mass is 10.0. The van der Waals surface area contributed by atoms with Gasteiger partial charge in [-0.2, -0.15) is 4.31 Å². The van der Waals surface area contributed by atoms with Crippen molar-refractivity contribution in [3.8, 4) is 5.75 Å². The van der Waals surface area contributed by atoms with Crippen LogP contribution in [0.5, 0.6) is 5.75 Å². The molecule has 1 aromatic carbocycles. The van der Waals surface area contributed by atoms with Gasteiger partial charge in [-0.25, -0.2) is 13.5 Å². The van der Waals surface area contributed by atoms with Crippen molar-refractivity contribution in [2.45, 2.75) is 50.8 Å². The van der Waals surface area contributed by atoms with Crippen molar-refractivity contribution < 1.29 is 27.9 Å². The second-order valence-electron chi connectivity index (χ2n) is 7.35. The lowest BCUT2D eigenvalue weighted by molar-refractivity contribution is -0.159. The third-order valence-electron chi connectivity index (χ3n) is 5.52. The molecule has 3 rings (SSSR count). The number of nitrogens with zero attached hydrogens (tertiary/aromatic N) is 2. The molecule has 2 heterocycles. The van der Waals surface area contributed by atoms with E-state index in [0.29, 0.717) is 43.2 Å². The molecule has 0 bridgehead atoms. The van der Waals surface area contributed by atoms with Gasteiger partial charge in [0.15, 0.2) is 0 Å². The van der Waals surface area contributed by atoms with Crippen LogP contribution in [0.25, 0.3) is 0 Å². The molecule has 2 atom stereocenters.